The average Bonchev–Trinajstić information content (AvgIpc) is 2.99. The maximum Gasteiger partial charge on any atom is 0.404 e. The highest BCUT2D eigenvalue weighted by molar-refractivity contribution is 6.28. The molecule has 25 heavy (non-hydrogen) atoms. The number of nitrogens with one attached hydrogen (secondary N) is 2. The third-order valence-corrected chi connectivity index (χ3v) is 4.92. The Morgan fingerprint density at radius 3 is 2.68 bits per heavy atom. The molecule has 1 fully saturated rings. The number of hydrogen-bond donors (Lipinski definition) is 3. The summed E-state index contributed by atoms with van der Waals surface area (Å²) in [4.78, 5) is 29.1. The lowest BCUT2D eigenvalue weighted by Crippen LogP contribution is -2.51. The van der Waals surface area contributed by atoms with Crippen molar-refractivity contribution in [1.29, 1.82) is 0 Å². The van der Waals surface area contributed by atoms with E-state index in [2.05, 4.69) is 50.9 Å². The van der Waals surface area contributed by atoms with Gasteiger partial charge in [0, 0.05) is 19.1 Å². The lowest BCUT2D eigenvalue weighted by Gasteiger charge is -2.41. The number of carbonyl (C=O) groups is 1. The maximum absolute atomic E-state index is 11.2. The van der Waals surface area contributed by atoms with Gasteiger partial charge in [0.2, 0.25) is 5.28 Å². The monoisotopic (exact) mass is 366 g/mol. The Morgan fingerprint density at radius 1 is 1.40 bits per heavy atom. The van der Waals surface area contributed by atoms with Crippen molar-refractivity contribution in [2.24, 2.45) is 11.3 Å². The summed E-state index contributed by atoms with van der Waals surface area (Å²) >= 11 is 6.02. The summed E-state index contributed by atoms with van der Waals surface area (Å²) in [6.45, 7) is 7.74. The number of fused-ring (bicyclic) bond motifs is 1. The molecule has 8 nitrogen and oxygen atoms in total. The molecule has 1 saturated heterocycles. The lowest BCUT2D eigenvalue weighted by atomic mass is 9.75. The van der Waals surface area contributed by atoms with Gasteiger partial charge in [-0.25, -0.2) is 9.78 Å². The van der Waals surface area contributed by atoms with Crippen LogP contribution in [-0.2, 0) is 0 Å². The molecule has 3 rings (SSSR count). The summed E-state index contributed by atoms with van der Waals surface area (Å²) in [5, 5.41) is 12.1. The number of hydrogen-bond acceptors (Lipinski definition) is 5. The Morgan fingerprint density at radius 2 is 2.08 bits per heavy atom. The molecule has 3 N–H and O–H groups in total. The topological polar surface area (TPSA) is 107 Å². The number of aromatic nitrogens is 4. The van der Waals surface area contributed by atoms with Crippen molar-refractivity contribution in [3.05, 3.63) is 11.6 Å². The van der Waals surface area contributed by atoms with Crippen molar-refractivity contribution in [1.82, 2.24) is 25.3 Å². The van der Waals surface area contributed by atoms with Gasteiger partial charge in [0.05, 0.1) is 6.33 Å². The summed E-state index contributed by atoms with van der Waals surface area (Å²) < 4.78 is 0. The minimum atomic E-state index is -0.969. The van der Waals surface area contributed by atoms with Crippen molar-refractivity contribution in [3.63, 3.8) is 0 Å². The van der Waals surface area contributed by atoms with Crippen LogP contribution < -0.4 is 10.2 Å². The number of halogens is 1. The molecule has 0 aromatic carbocycles. The van der Waals surface area contributed by atoms with Gasteiger partial charge in [-0.2, -0.15) is 9.97 Å². The molecule has 1 atom stereocenters. The van der Waals surface area contributed by atoms with Gasteiger partial charge in [-0.15, -0.1) is 0 Å². The highest BCUT2D eigenvalue weighted by Crippen LogP contribution is 2.34. The van der Waals surface area contributed by atoms with Gasteiger partial charge >= 0.3 is 6.09 Å². The van der Waals surface area contributed by atoms with E-state index in [4.69, 9.17) is 16.7 Å². The molecule has 2 aromatic heterocycles. The Kier molecular flexibility index (Phi) is 4.73. The van der Waals surface area contributed by atoms with E-state index >= 15 is 0 Å². The largest absolute Gasteiger partial charge is 0.465 e. The van der Waals surface area contributed by atoms with Crippen molar-refractivity contribution in [2.45, 2.75) is 39.7 Å². The smallest absolute Gasteiger partial charge is 0.404 e. The first-order valence-electron chi connectivity index (χ1n) is 8.36. The fourth-order valence-electron chi connectivity index (χ4n) is 3.63. The fraction of sp³-hybridized carbons (Fsp3) is 0.625. The molecule has 1 amide bonds. The molecule has 1 aliphatic rings. The van der Waals surface area contributed by atoms with E-state index in [0.29, 0.717) is 11.2 Å². The van der Waals surface area contributed by atoms with Crippen LogP contribution in [0.1, 0.15) is 33.6 Å². The highest BCUT2D eigenvalue weighted by atomic mass is 35.5. The van der Waals surface area contributed by atoms with Gasteiger partial charge < -0.3 is 20.3 Å². The normalized spacial score (nSPS) is 17.7. The molecule has 9 heteroatoms. The molecular weight excluding hydrogens is 344 g/mol. The average molecular weight is 367 g/mol. The molecule has 0 spiro atoms. The van der Waals surface area contributed by atoms with Crippen LogP contribution >= 0.6 is 11.6 Å². The van der Waals surface area contributed by atoms with E-state index in [1.165, 1.54) is 0 Å². The minimum absolute atomic E-state index is 0.0912. The quantitative estimate of drug-likeness (QED) is 0.721. The van der Waals surface area contributed by atoms with E-state index in [1.54, 1.807) is 6.33 Å². The Labute approximate surface area is 151 Å². The van der Waals surface area contributed by atoms with Gasteiger partial charge in [0.25, 0.3) is 0 Å². The molecule has 3 heterocycles. The standard InChI is InChI=1S/C16H23ClN6O2/c1-16(2,3)11(20-15(24)25)9-4-6-23(7-5-9)13-10-12(19-8-18-10)21-14(17)22-13/h8-9,11,20H,4-7H2,1-3H3,(H,24,25)(H,18,19,21,22). The van der Waals surface area contributed by atoms with E-state index in [0.717, 1.165) is 31.7 Å². The second-order valence-corrected chi connectivity index (χ2v) is 7.87. The van der Waals surface area contributed by atoms with E-state index in [1.807, 2.05) is 0 Å². The zero-order valence-corrected chi connectivity index (χ0v) is 15.3. The van der Waals surface area contributed by atoms with E-state index < -0.39 is 6.09 Å². The summed E-state index contributed by atoms with van der Waals surface area (Å²) in [7, 11) is 0. The zero-order chi connectivity index (χ0) is 18.2. The highest BCUT2D eigenvalue weighted by Gasteiger charge is 2.36. The van der Waals surface area contributed by atoms with Crippen LogP contribution in [0.4, 0.5) is 10.6 Å². The fourth-order valence-corrected chi connectivity index (χ4v) is 3.80. The number of amides is 1. The molecule has 0 saturated carbocycles. The summed E-state index contributed by atoms with van der Waals surface area (Å²) in [6, 6.07) is -0.0912. The summed E-state index contributed by atoms with van der Waals surface area (Å²) in [6.07, 6.45) is 2.35. The van der Waals surface area contributed by atoms with Gasteiger partial charge in [0.15, 0.2) is 17.0 Å². The first-order valence-corrected chi connectivity index (χ1v) is 8.74. The van der Waals surface area contributed by atoms with Crippen molar-refractivity contribution in [3.8, 4) is 0 Å². The van der Waals surface area contributed by atoms with Gasteiger partial charge in [-0.3, -0.25) is 0 Å². The molecule has 2 aromatic rings. The minimum Gasteiger partial charge on any atom is -0.465 e. The first kappa shape index (κ1) is 17.7. The lowest BCUT2D eigenvalue weighted by molar-refractivity contribution is 0.142. The SMILES string of the molecule is CC(C)(C)C(NC(=O)O)C1CCN(c2nc(Cl)nc3[nH]cnc23)CC1. The second-order valence-electron chi connectivity index (χ2n) is 7.53. The zero-order valence-electron chi connectivity index (χ0n) is 14.6. The Balaban J connectivity index is 1.76. The van der Waals surface area contributed by atoms with Crippen LogP contribution in [0.5, 0.6) is 0 Å². The summed E-state index contributed by atoms with van der Waals surface area (Å²) in [5.74, 6) is 1.01. The van der Waals surface area contributed by atoms with Crippen molar-refractivity contribution < 1.29 is 9.90 Å². The molecule has 136 valence electrons. The van der Waals surface area contributed by atoms with Gasteiger partial charge in [-0.1, -0.05) is 20.8 Å². The number of carboxylic acid groups (broad SMARTS) is 1. The number of piperidine rings is 1. The van der Waals surface area contributed by atoms with Crippen LogP contribution in [0, 0.1) is 11.3 Å². The number of anilines is 1. The second kappa shape index (κ2) is 6.67. The number of rotatable bonds is 3. The third-order valence-electron chi connectivity index (χ3n) is 4.76. The van der Waals surface area contributed by atoms with E-state index in [9.17, 15) is 4.79 Å². The number of nitrogens with zero attached hydrogens (tertiary/aromatic N) is 4. The van der Waals surface area contributed by atoms with Crippen LogP contribution in [0.3, 0.4) is 0 Å². The number of aromatic amines is 1. The van der Waals surface area contributed by atoms with E-state index in [-0.39, 0.29) is 22.7 Å². The van der Waals surface area contributed by atoms with Crippen LogP contribution in [0.25, 0.3) is 11.2 Å². The Hall–Kier alpha value is -2.09. The van der Waals surface area contributed by atoms with Gasteiger partial charge in [-0.05, 0) is 35.8 Å². The first-order chi connectivity index (χ1) is 11.8. The molecule has 0 radical (unpaired) electrons. The maximum atomic E-state index is 11.2. The predicted octanol–water partition coefficient (Wildman–Crippen LogP) is 2.91. The molecule has 1 unspecified atom stereocenters. The van der Waals surface area contributed by atoms with Crippen LogP contribution in [0.15, 0.2) is 6.33 Å². The molecular formula is C16H23ClN6O2. The van der Waals surface area contributed by atoms with Crippen molar-refractivity contribution >= 4 is 34.7 Å². The van der Waals surface area contributed by atoms with Crippen LogP contribution in [0.2, 0.25) is 5.28 Å². The molecule has 1 aliphatic heterocycles. The molecule has 0 bridgehead atoms. The summed E-state index contributed by atoms with van der Waals surface area (Å²) in [5.41, 5.74) is 1.19. The Bertz CT molecular complexity index is 764. The predicted molar refractivity (Wildman–Crippen MR) is 96.0 cm³/mol. The number of imidazole rings is 1. The molecule has 0 aliphatic carbocycles. The number of H-pyrrole nitrogens is 1. The third kappa shape index (κ3) is 3.78. The van der Waals surface area contributed by atoms with Crippen molar-refractivity contribution in [2.75, 3.05) is 18.0 Å². The van der Waals surface area contributed by atoms with Gasteiger partial charge in [0.1, 0.15) is 0 Å². The van der Waals surface area contributed by atoms with Crippen LogP contribution in [-0.4, -0.2) is 50.3 Å².